The van der Waals surface area contributed by atoms with Crippen LogP contribution in [0, 0.1) is 5.92 Å². The molecule has 1 amide bonds. The van der Waals surface area contributed by atoms with Gasteiger partial charge in [0, 0.05) is 12.5 Å². The van der Waals surface area contributed by atoms with Crippen molar-refractivity contribution in [3.63, 3.8) is 0 Å². The zero-order valence-corrected chi connectivity index (χ0v) is 14.0. The van der Waals surface area contributed by atoms with Crippen molar-refractivity contribution in [1.82, 2.24) is 4.90 Å². The van der Waals surface area contributed by atoms with Gasteiger partial charge in [-0.2, -0.15) is 0 Å². The molecule has 0 aromatic heterocycles. The van der Waals surface area contributed by atoms with Crippen LogP contribution in [-0.4, -0.2) is 24.5 Å². The second-order valence-corrected chi connectivity index (χ2v) is 6.31. The van der Waals surface area contributed by atoms with E-state index in [-0.39, 0.29) is 17.9 Å². The van der Waals surface area contributed by atoms with Crippen molar-refractivity contribution in [3.8, 4) is 5.75 Å². The molecule has 2 aromatic rings. The van der Waals surface area contributed by atoms with Gasteiger partial charge in [0.1, 0.15) is 5.75 Å². The third-order valence-electron chi connectivity index (χ3n) is 4.49. The maximum absolute atomic E-state index is 12.7. The highest BCUT2D eigenvalue weighted by Gasteiger charge is 2.32. The van der Waals surface area contributed by atoms with E-state index in [0.29, 0.717) is 0 Å². The van der Waals surface area contributed by atoms with E-state index in [1.807, 2.05) is 30.9 Å². The van der Waals surface area contributed by atoms with Crippen molar-refractivity contribution in [3.05, 3.63) is 65.2 Å². The number of carbonyl (C=O) groups excluding carboxylic acids is 1. The Morgan fingerprint density at radius 2 is 1.83 bits per heavy atom. The van der Waals surface area contributed by atoms with Crippen molar-refractivity contribution >= 4 is 5.91 Å². The molecule has 23 heavy (non-hydrogen) atoms. The molecule has 1 aliphatic rings. The normalized spacial score (nSPS) is 17.0. The number of hydrogen-bond acceptors (Lipinski definition) is 2. The monoisotopic (exact) mass is 309 g/mol. The first-order valence-corrected chi connectivity index (χ1v) is 8.14. The summed E-state index contributed by atoms with van der Waals surface area (Å²) in [5.41, 5.74) is 3.70. The molecule has 1 atom stereocenters. The van der Waals surface area contributed by atoms with Crippen molar-refractivity contribution < 1.29 is 9.53 Å². The van der Waals surface area contributed by atoms with E-state index in [2.05, 4.69) is 36.4 Å². The summed E-state index contributed by atoms with van der Waals surface area (Å²) in [5, 5.41) is 0. The number of nitrogens with zero attached hydrogens (tertiary/aromatic N) is 1. The van der Waals surface area contributed by atoms with Gasteiger partial charge in [-0.05, 0) is 35.2 Å². The van der Waals surface area contributed by atoms with Gasteiger partial charge in [0.15, 0.2) is 0 Å². The van der Waals surface area contributed by atoms with E-state index in [1.54, 1.807) is 7.11 Å². The zero-order chi connectivity index (χ0) is 16.4. The first-order chi connectivity index (χ1) is 11.1. The third-order valence-corrected chi connectivity index (χ3v) is 4.49. The minimum atomic E-state index is -0.0132. The van der Waals surface area contributed by atoms with Crippen LogP contribution < -0.4 is 4.74 Å². The van der Waals surface area contributed by atoms with Gasteiger partial charge in [-0.1, -0.05) is 50.2 Å². The van der Waals surface area contributed by atoms with Crippen LogP contribution in [0.15, 0.2) is 48.5 Å². The number of rotatable bonds is 3. The maximum Gasteiger partial charge on any atom is 0.225 e. The van der Waals surface area contributed by atoms with Crippen LogP contribution in [0.2, 0.25) is 0 Å². The van der Waals surface area contributed by atoms with Crippen LogP contribution in [0.25, 0.3) is 0 Å². The molecule has 0 fully saturated rings. The summed E-state index contributed by atoms with van der Waals surface area (Å²) in [6, 6.07) is 16.5. The molecule has 1 heterocycles. The molecule has 1 aliphatic heterocycles. The fraction of sp³-hybridized carbons (Fsp3) is 0.350. The summed E-state index contributed by atoms with van der Waals surface area (Å²) < 4.78 is 5.26. The molecule has 0 radical (unpaired) electrons. The van der Waals surface area contributed by atoms with E-state index < -0.39 is 0 Å². The highest BCUT2D eigenvalue weighted by molar-refractivity contribution is 5.79. The smallest absolute Gasteiger partial charge is 0.225 e. The number of benzene rings is 2. The zero-order valence-electron chi connectivity index (χ0n) is 14.0. The summed E-state index contributed by atoms with van der Waals surface area (Å²) in [5.74, 6) is 1.04. The Morgan fingerprint density at radius 3 is 2.48 bits per heavy atom. The van der Waals surface area contributed by atoms with E-state index >= 15 is 0 Å². The highest BCUT2D eigenvalue weighted by Crippen LogP contribution is 2.36. The maximum atomic E-state index is 12.7. The van der Waals surface area contributed by atoms with E-state index in [9.17, 15) is 4.79 Å². The molecule has 0 N–H and O–H groups in total. The van der Waals surface area contributed by atoms with E-state index in [0.717, 1.165) is 24.3 Å². The topological polar surface area (TPSA) is 29.5 Å². The van der Waals surface area contributed by atoms with Gasteiger partial charge in [-0.3, -0.25) is 4.79 Å². The molecule has 1 unspecified atom stereocenters. The Morgan fingerprint density at radius 1 is 1.13 bits per heavy atom. The SMILES string of the molecule is COc1ccc(C2c3ccccc3CCN2C(=O)C(C)C)cc1. The van der Waals surface area contributed by atoms with Crippen LogP contribution in [0.5, 0.6) is 5.75 Å². The molecule has 3 heteroatoms. The van der Waals surface area contributed by atoms with Gasteiger partial charge >= 0.3 is 0 Å². The Labute approximate surface area is 137 Å². The predicted octanol–water partition coefficient (Wildman–Crippen LogP) is 3.83. The van der Waals surface area contributed by atoms with Gasteiger partial charge in [0.2, 0.25) is 5.91 Å². The van der Waals surface area contributed by atoms with E-state index in [4.69, 9.17) is 4.74 Å². The predicted molar refractivity (Wildman–Crippen MR) is 91.5 cm³/mol. The van der Waals surface area contributed by atoms with Crippen molar-refractivity contribution in [2.45, 2.75) is 26.3 Å². The molecule has 0 bridgehead atoms. The highest BCUT2D eigenvalue weighted by atomic mass is 16.5. The van der Waals surface area contributed by atoms with E-state index in [1.165, 1.54) is 11.1 Å². The van der Waals surface area contributed by atoms with Crippen LogP contribution >= 0.6 is 0 Å². The Bertz CT molecular complexity index is 691. The number of methoxy groups -OCH3 is 1. The Kier molecular flexibility index (Phi) is 4.37. The lowest BCUT2D eigenvalue weighted by Crippen LogP contribution is -2.42. The van der Waals surface area contributed by atoms with Gasteiger partial charge < -0.3 is 9.64 Å². The first-order valence-electron chi connectivity index (χ1n) is 8.14. The molecule has 2 aromatic carbocycles. The van der Waals surface area contributed by atoms with Crippen LogP contribution in [0.1, 0.15) is 36.6 Å². The lowest BCUT2D eigenvalue weighted by Gasteiger charge is -2.38. The quantitative estimate of drug-likeness (QED) is 0.862. The van der Waals surface area contributed by atoms with Crippen molar-refractivity contribution in [2.24, 2.45) is 5.92 Å². The summed E-state index contributed by atoms with van der Waals surface area (Å²) in [7, 11) is 1.67. The van der Waals surface area contributed by atoms with Gasteiger partial charge in [-0.25, -0.2) is 0 Å². The second-order valence-electron chi connectivity index (χ2n) is 6.31. The molecule has 3 nitrogen and oxygen atoms in total. The summed E-state index contributed by atoms with van der Waals surface area (Å²) in [4.78, 5) is 14.7. The molecule has 0 spiro atoms. The molecule has 3 rings (SSSR count). The second kappa shape index (κ2) is 6.45. The number of fused-ring (bicyclic) bond motifs is 1. The number of amides is 1. The minimum Gasteiger partial charge on any atom is -0.497 e. The van der Waals surface area contributed by atoms with Crippen LogP contribution in [0.4, 0.5) is 0 Å². The fourth-order valence-electron chi connectivity index (χ4n) is 3.28. The Hall–Kier alpha value is -2.29. The lowest BCUT2D eigenvalue weighted by atomic mass is 9.87. The number of hydrogen-bond donors (Lipinski definition) is 0. The summed E-state index contributed by atoms with van der Waals surface area (Å²) in [6.07, 6.45) is 0.918. The molecule has 0 saturated heterocycles. The average molecular weight is 309 g/mol. The third kappa shape index (κ3) is 2.96. The molecular weight excluding hydrogens is 286 g/mol. The molecule has 120 valence electrons. The number of carbonyl (C=O) groups is 1. The Balaban J connectivity index is 2.06. The summed E-state index contributed by atoms with van der Waals surface area (Å²) in [6.45, 7) is 4.70. The molecular formula is C20H23NO2. The van der Waals surface area contributed by atoms with Crippen molar-refractivity contribution in [2.75, 3.05) is 13.7 Å². The molecule has 0 aliphatic carbocycles. The fourth-order valence-corrected chi connectivity index (χ4v) is 3.28. The lowest BCUT2D eigenvalue weighted by molar-refractivity contribution is -0.136. The first kappa shape index (κ1) is 15.6. The van der Waals surface area contributed by atoms with Gasteiger partial charge in [-0.15, -0.1) is 0 Å². The minimum absolute atomic E-state index is 0.000936. The van der Waals surface area contributed by atoms with Gasteiger partial charge in [0.25, 0.3) is 0 Å². The number of ether oxygens (including phenoxy) is 1. The largest absolute Gasteiger partial charge is 0.497 e. The van der Waals surface area contributed by atoms with Crippen LogP contribution in [-0.2, 0) is 11.2 Å². The van der Waals surface area contributed by atoms with Crippen molar-refractivity contribution in [1.29, 1.82) is 0 Å². The average Bonchev–Trinajstić information content (AvgIpc) is 2.60. The van der Waals surface area contributed by atoms with Gasteiger partial charge in [0.05, 0.1) is 13.2 Å². The summed E-state index contributed by atoms with van der Waals surface area (Å²) >= 11 is 0. The molecule has 0 saturated carbocycles. The standard InChI is InChI=1S/C20H23NO2/c1-14(2)20(22)21-13-12-15-6-4-5-7-18(15)19(21)16-8-10-17(23-3)11-9-16/h4-11,14,19H,12-13H2,1-3H3. The van der Waals surface area contributed by atoms with Crippen LogP contribution in [0.3, 0.4) is 0 Å².